The second kappa shape index (κ2) is 5.56. The van der Waals surface area contributed by atoms with Gasteiger partial charge in [0, 0.05) is 5.56 Å². The lowest BCUT2D eigenvalue weighted by molar-refractivity contribution is 0.405. The van der Waals surface area contributed by atoms with Crippen molar-refractivity contribution in [1.29, 1.82) is 0 Å². The van der Waals surface area contributed by atoms with Crippen LogP contribution in [0.4, 0.5) is 0 Å². The summed E-state index contributed by atoms with van der Waals surface area (Å²) in [5.41, 5.74) is 2.38. The van der Waals surface area contributed by atoms with Gasteiger partial charge in [0.15, 0.2) is 0 Å². The van der Waals surface area contributed by atoms with Gasteiger partial charge in [-0.2, -0.15) is 0 Å². The van der Waals surface area contributed by atoms with Gasteiger partial charge in [0.2, 0.25) is 0 Å². The second-order valence-corrected chi connectivity index (χ2v) is 3.52. The van der Waals surface area contributed by atoms with E-state index in [4.69, 9.17) is 4.74 Å². The third-order valence-corrected chi connectivity index (χ3v) is 2.38. The molecule has 0 amide bonds. The molecule has 82 valence electrons. The minimum Gasteiger partial charge on any atom is -0.496 e. The smallest absolute Gasteiger partial charge is 0.123 e. The molecule has 0 aliphatic carbocycles. The standard InChI is InChI=1S/C13H19NO/c1-5-12(14-6-2)11-9-10(3)7-8-13(11)15-4/h5,7-9,12,14H,1,6H2,2-4H3. The molecule has 0 radical (unpaired) electrons. The Labute approximate surface area is 92.0 Å². The highest BCUT2D eigenvalue weighted by molar-refractivity contribution is 5.40. The van der Waals surface area contributed by atoms with Crippen LogP contribution in [0.25, 0.3) is 0 Å². The molecule has 1 rings (SSSR count). The average Bonchev–Trinajstić information content (AvgIpc) is 2.26. The molecule has 0 bridgehead atoms. The van der Waals surface area contributed by atoms with E-state index < -0.39 is 0 Å². The highest BCUT2D eigenvalue weighted by Gasteiger charge is 2.11. The van der Waals surface area contributed by atoms with E-state index in [9.17, 15) is 0 Å². The first-order chi connectivity index (χ1) is 7.22. The SMILES string of the molecule is C=CC(NCC)c1cc(C)ccc1OC. The van der Waals surface area contributed by atoms with Gasteiger partial charge in [0.1, 0.15) is 5.75 Å². The van der Waals surface area contributed by atoms with E-state index in [1.807, 2.05) is 12.1 Å². The minimum atomic E-state index is 0.157. The summed E-state index contributed by atoms with van der Waals surface area (Å²) in [6.45, 7) is 8.91. The van der Waals surface area contributed by atoms with Crippen molar-refractivity contribution in [2.75, 3.05) is 13.7 Å². The van der Waals surface area contributed by atoms with E-state index in [2.05, 4.69) is 37.9 Å². The molecule has 1 unspecified atom stereocenters. The Morgan fingerprint density at radius 3 is 2.80 bits per heavy atom. The summed E-state index contributed by atoms with van der Waals surface area (Å²) in [4.78, 5) is 0. The first kappa shape index (κ1) is 11.8. The van der Waals surface area contributed by atoms with Crippen molar-refractivity contribution in [1.82, 2.24) is 5.32 Å². The zero-order chi connectivity index (χ0) is 11.3. The summed E-state index contributed by atoms with van der Waals surface area (Å²) in [5, 5.41) is 3.35. The molecule has 0 heterocycles. The first-order valence-electron chi connectivity index (χ1n) is 5.23. The predicted molar refractivity (Wildman–Crippen MR) is 64.3 cm³/mol. The fraction of sp³-hybridized carbons (Fsp3) is 0.385. The minimum absolute atomic E-state index is 0.157. The van der Waals surface area contributed by atoms with Crippen LogP contribution in [0.2, 0.25) is 0 Å². The fourth-order valence-corrected chi connectivity index (χ4v) is 1.64. The zero-order valence-corrected chi connectivity index (χ0v) is 9.71. The maximum absolute atomic E-state index is 5.34. The molecule has 15 heavy (non-hydrogen) atoms. The zero-order valence-electron chi connectivity index (χ0n) is 9.71. The van der Waals surface area contributed by atoms with Crippen LogP contribution in [0, 0.1) is 6.92 Å². The maximum atomic E-state index is 5.34. The number of aryl methyl sites for hydroxylation is 1. The summed E-state index contributed by atoms with van der Waals surface area (Å²) >= 11 is 0. The van der Waals surface area contributed by atoms with E-state index in [1.54, 1.807) is 7.11 Å². The number of nitrogens with one attached hydrogen (secondary N) is 1. The largest absolute Gasteiger partial charge is 0.496 e. The highest BCUT2D eigenvalue weighted by atomic mass is 16.5. The van der Waals surface area contributed by atoms with E-state index in [-0.39, 0.29) is 6.04 Å². The van der Waals surface area contributed by atoms with Crippen molar-refractivity contribution >= 4 is 0 Å². The Balaban J connectivity index is 3.07. The van der Waals surface area contributed by atoms with Gasteiger partial charge in [-0.15, -0.1) is 6.58 Å². The Hall–Kier alpha value is -1.28. The van der Waals surface area contributed by atoms with Gasteiger partial charge in [-0.1, -0.05) is 30.7 Å². The molecule has 0 fully saturated rings. The fourth-order valence-electron chi connectivity index (χ4n) is 1.64. The predicted octanol–water partition coefficient (Wildman–Crippen LogP) is 2.84. The van der Waals surface area contributed by atoms with Gasteiger partial charge in [-0.3, -0.25) is 0 Å². The van der Waals surface area contributed by atoms with Gasteiger partial charge < -0.3 is 10.1 Å². The molecule has 0 aliphatic heterocycles. The molecule has 2 heteroatoms. The molecular formula is C13H19NO. The number of methoxy groups -OCH3 is 1. The number of hydrogen-bond donors (Lipinski definition) is 1. The number of rotatable bonds is 5. The van der Waals surface area contributed by atoms with Crippen molar-refractivity contribution in [3.8, 4) is 5.75 Å². The molecule has 0 spiro atoms. The number of likely N-dealkylation sites (N-methyl/N-ethyl adjacent to an activating group) is 1. The molecule has 2 nitrogen and oxygen atoms in total. The topological polar surface area (TPSA) is 21.3 Å². The summed E-state index contributed by atoms with van der Waals surface area (Å²) in [6, 6.07) is 6.34. The quantitative estimate of drug-likeness (QED) is 0.746. The van der Waals surface area contributed by atoms with Gasteiger partial charge in [-0.05, 0) is 19.5 Å². The van der Waals surface area contributed by atoms with Crippen molar-refractivity contribution < 1.29 is 4.74 Å². The molecule has 0 saturated heterocycles. The summed E-state index contributed by atoms with van der Waals surface area (Å²) in [7, 11) is 1.69. The van der Waals surface area contributed by atoms with Gasteiger partial charge in [-0.25, -0.2) is 0 Å². The van der Waals surface area contributed by atoms with Gasteiger partial charge >= 0.3 is 0 Å². The van der Waals surface area contributed by atoms with Crippen molar-refractivity contribution in [2.45, 2.75) is 19.9 Å². The van der Waals surface area contributed by atoms with Crippen molar-refractivity contribution in [3.05, 3.63) is 42.0 Å². The normalized spacial score (nSPS) is 12.2. The third kappa shape index (κ3) is 2.83. The molecule has 1 N–H and O–H groups in total. The van der Waals surface area contributed by atoms with Crippen LogP contribution in [-0.2, 0) is 0 Å². The Bertz CT molecular complexity index is 333. The molecule has 1 atom stereocenters. The second-order valence-electron chi connectivity index (χ2n) is 3.52. The Kier molecular flexibility index (Phi) is 4.37. The third-order valence-electron chi connectivity index (χ3n) is 2.38. The van der Waals surface area contributed by atoms with Crippen LogP contribution < -0.4 is 10.1 Å². The summed E-state index contributed by atoms with van der Waals surface area (Å²) in [5.74, 6) is 0.909. The Morgan fingerprint density at radius 1 is 1.53 bits per heavy atom. The molecular weight excluding hydrogens is 186 g/mol. The van der Waals surface area contributed by atoms with Gasteiger partial charge in [0.25, 0.3) is 0 Å². The average molecular weight is 205 g/mol. The van der Waals surface area contributed by atoms with Gasteiger partial charge in [0.05, 0.1) is 13.2 Å². The highest BCUT2D eigenvalue weighted by Crippen LogP contribution is 2.26. The van der Waals surface area contributed by atoms with Crippen LogP contribution in [0.5, 0.6) is 5.75 Å². The molecule has 1 aromatic rings. The van der Waals surface area contributed by atoms with Crippen molar-refractivity contribution in [2.24, 2.45) is 0 Å². The summed E-state index contributed by atoms with van der Waals surface area (Å²) in [6.07, 6.45) is 1.90. The first-order valence-corrected chi connectivity index (χ1v) is 5.23. The monoisotopic (exact) mass is 205 g/mol. The van der Waals surface area contributed by atoms with Crippen LogP contribution in [0.3, 0.4) is 0 Å². The summed E-state index contributed by atoms with van der Waals surface area (Å²) < 4.78 is 5.34. The van der Waals surface area contributed by atoms with E-state index in [0.29, 0.717) is 0 Å². The van der Waals surface area contributed by atoms with Crippen molar-refractivity contribution in [3.63, 3.8) is 0 Å². The molecule has 0 aromatic heterocycles. The van der Waals surface area contributed by atoms with Crippen LogP contribution in [0.1, 0.15) is 24.1 Å². The van der Waals surface area contributed by atoms with E-state index in [0.717, 1.165) is 17.9 Å². The lowest BCUT2D eigenvalue weighted by Gasteiger charge is -2.17. The number of hydrogen-bond acceptors (Lipinski definition) is 2. The number of ether oxygens (including phenoxy) is 1. The van der Waals surface area contributed by atoms with Crippen LogP contribution in [0.15, 0.2) is 30.9 Å². The van der Waals surface area contributed by atoms with Crippen LogP contribution in [-0.4, -0.2) is 13.7 Å². The molecule has 0 aliphatic rings. The lowest BCUT2D eigenvalue weighted by Crippen LogP contribution is -2.19. The van der Waals surface area contributed by atoms with Crippen LogP contribution >= 0.6 is 0 Å². The molecule has 1 aromatic carbocycles. The number of benzene rings is 1. The Morgan fingerprint density at radius 2 is 2.27 bits per heavy atom. The van der Waals surface area contributed by atoms with E-state index in [1.165, 1.54) is 5.56 Å². The maximum Gasteiger partial charge on any atom is 0.123 e. The molecule has 0 saturated carbocycles. The van der Waals surface area contributed by atoms with E-state index >= 15 is 0 Å². The lowest BCUT2D eigenvalue weighted by atomic mass is 10.0.